The molecule has 2 rings (SSSR count). The Hall–Kier alpha value is -2.36. The molecule has 94 valence electrons. The highest BCUT2D eigenvalue weighted by molar-refractivity contribution is 5.76. The van der Waals surface area contributed by atoms with E-state index in [-0.39, 0.29) is 11.5 Å². The van der Waals surface area contributed by atoms with E-state index in [1.165, 1.54) is 6.07 Å². The smallest absolute Gasteiger partial charge is 0.120 e. The van der Waals surface area contributed by atoms with Gasteiger partial charge in [0.05, 0.1) is 11.4 Å². The summed E-state index contributed by atoms with van der Waals surface area (Å²) in [4.78, 5) is 0. The molecule has 0 heterocycles. The number of aromatic hydroxyl groups is 2. The molecule has 18 heavy (non-hydrogen) atoms. The summed E-state index contributed by atoms with van der Waals surface area (Å²) in [5.41, 5.74) is 9.28. The fraction of sp³-hybridized carbons (Fsp3) is 0.143. The third-order valence-corrected chi connectivity index (χ3v) is 2.94. The molecule has 0 aromatic heterocycles. The van der Waals surface area contributed by atoms with Gasteiger partial charge in [0.1, 0.15) is 11.5 Å². The maximum absolute atomic E-state index is 9.63. The minimum atomic E-state index is 0.172. The van der Waals surface area contributed by atoms with Gasteiger partial charge in [0, 0.05) is 17.3 Å². The van der Waals surface area contributed by atoms with Gasteiger partial charge in [-0.05, 0) is 37.6 Å². The van der Waals surface area contributed by atoms with E-state index in [1.807, 2.05) is 13.0 Å². The lowest BCUT2D eigenvalue weighted by molar-refractivity contribution is 0.471. The molecule has 0 radical (unpaired) electrons. The van der Waals surface area contributed by atoms with Crippen LogP contribution in [0.1, 0.15) is 11.1 Å². The quantitative estimate of drug-likeness (QED) is 0.483. The normalized spacial score (nSPS) is 10.3. The maximum atomic E-state index is 9.63. The summed E-state index contributed by atoms with van der Waals surface area (Å²) in [6.07, 6.45) is 0. The molecule has 0 amide bonds. The summed E-state index contributed by atoms with van der Waals surface area (Å²) < 4.78 is 0. The van der Waals surface area contributed by atoms with Crippen LogP contribution in [0.3, 0.4) is 0 Å². The van der Waals surface area contributed by atoms with E-state index < -0.39 is 0 Å². The Morgan fingerprint density at radius 2 is 1.72 bits per heavy atom. The Balaban J connectivity index is 2.40. The number of hydrogen-bond acceptors (Lipinski definition) is 4. The first-order valence-corrected chi connectivity index (χ1v) is 5.63. The van der Waals surface area contributed by atoms with Crippen LogP contribution in [0.25, 0.3) is 0 Å². The predicted octanol–water partition coefficient (Wildman–Crippen LogP) is 3.04. The van der Waals surface area contributed by atoms with Gasteiger partial charge in [-0.2, -0.15) is 0 Å². The largest absolute Gasteiger partial charge is 0.508 e. The maximum Gasteiger partial charge on any atom is 0.120 e. The van der Waals surface area contributed by atoms with Gasteiger partial charge in [0.15, 0.2) is 0 Å². The van der Waals surface area contributed by atoms with Crippen molar-refractivity contribution in [3.05, 3.63) is 41.5 Å². The van der Waals surface area contributed by atoms with Crippen LogP contribution in [0.4, 0.5) is 17.1 Å². The number of nitrogen functional groups attached to an aromatic ring is 1. The van der Waals surface area contributed by atoms with E-state index in [1.54, 1.807) is 25.1 Å². The molecule has 0 aliphatic rings. The van der Waals surface area contributed by atoms with Crippen LogP contribution >= 0.6 is 0 Å². The fourth-order valence-corrected chi connectivity index (χ4v) is 1.72. The molecule has 2 aromatic carbocycles. The van der Waals surface area contributed by atoms with E-state index in [9.17, 15) is 10.2 Å². The Morgan fingerprint density at radius 1 is 1.00 bits per heavy atom. The summed E-state index contributed by atoms with van der Waals surface area (Å²) >= 11 is 0. The van der Waals surface area contributed by atoms with E-state index >= 15 is 0 Å². The van der Waals surface area contributed by atoms with Gasteiger partial charge in [-0.15, -0.1) is 0 Å². The first kappa shape index (κ1) is 12.1. The Bertz CT molecular complexity index is 595. The van der Waals surface area contributed by atoms with E-state index in [0.29, 0.717) is 11.4 Å². The molecule has 0 unspecified atom stereocenters. The molecule has 4 nitrogen and oxygen atoms in total. The second kappa shape index (κ2) is 4.49. The second-order valence-corrected chi connectivity index (χ2v) is 4.30. The summed E-state index contributed by atoms with van der Waals surface area (Å²) in [5, 5.41) is 22.3. The number of nitrogens with two attached hydrogens (primary N) is 1. The standard InChI is InChI=1S/C14H16N2O2/c1-8-6-12(10(15)7-14(8)18)16-11-4-3-5-13(17)9(11)2/h3-7,16-18H,15H2,1-2H3. The highest BCUT2D eigenvalue weighted by atomic mass is 16.3. The lowest BCUT2D eigenvalue weighted by Gasteiger charge is -2.14. The molecule has 0 atom stereocenters. The van der Waals surface area contributed by atoms with E-state index in [0.717, 1.165) is 16.8 Å². The van der Waals surface area contributed by atoms with Gasteiger partial charge in [-0.3, -0.25) is 0 Å². The monoisotopic (exact) mass is 244 g/mol. The molecule has 0 spiro atoms. The minimum Gasteiger partial charge on any atom is -0.508 e. The minimum absolute atomic E-state index is 0.172. The zero-order valence-electron chi connectivity index (χ0n) is 10.4. The molecule has 0 aliphatic carbocycles. The predicted molar refractivity (Wildman–Crippen MR) is 73.4 cm³/mol. The molecule has 0 aliphatic heterocycles. The summed E-state index contributed by atoms with van der Waals surface area (Å²) in [6.45, 7) is 3.62. The van der Waals surface area contributed by atoms with Crippen LogP contribution < -0.4 is 11.1 Å². The topological polar surface area (TPSA) is 78.5 Å². The highest BCUT2D eigenvalue weighted by Crippen LogP contribution is 2.32. The number of rotatable bonds is 2. The van der Waals surface area contributed by atoms with Crippen LogP contribution in [0.15, 0.2) is 30.3 Å². The van der Waals surface area contributed by atoms with Crippen molar-refractivity contribution in [2.24, 2.45) is 0 Å². The number of benzene rings is 2. The number of nitrogens with one attached hydrogen (secondary N) is 1. The van der Waals surface area contributed by atoms with Gasteiger partial charge >= 0.3 is 0 Å². The van der Waals surface area contributed by atoms with Crippen molar-refractivity contribution in [1.29, 1.82) is 0 Å². The third-order valence-electron chi connectivity index (χ3n) is 2.94. The summed E-state index contributed by atoms with van der Waals surface area (Å²) in [6, 6.07) is 8.53. The van der Waals surface area contributed by atoms with Crippen molar-refractivity contribution in [1.82, 2.24) is 0 Å². The molecule has 0 saturated carbocycles. The van der Waals surface area contributed by atoms with Crippen molar-refractivity contribution >= 4 is 17.1 Å². The highest BCUT2D eigenvalue weighted by Gasteiger charge is 2.07. The first-order valence-electron chi connectivity index (χ1n) is 5.63. The van der Waals surface area contributed by atoms with Crippen molar-refractivity contribution in [2.75, 3.05) is 11.1 Å². The van der Waals surface area contributed by atoms with Crippen LogP contribution in [0.2, 0.25) is 0 Å². The van der Waals surface area contributed by atoms with Crippen molar-refractivity contribution < 1.29 is 10.2 Å². The SMILES string of the molecule is Cc1cc(Nc2cccc(O)c2C)c(N)cc1O. The van der Waals surface area contributed by atoms with Gasteiger partial charge < -0.3 is 21.3 Å². The van der Waals surface area contributed by atoms with Gasteiger partial charge in [-0.25, -0.2) is 0 Å². The molecule has 4 heteroatoms. The molecule has 2 aromatic rings. The van der Waals surface area contributed by atoms with E-state index in [4.69, 9.17) is 5.73 Å². The summed E-state index contributed by atoms with van der Waals surface area (Å²) in [7, 11) is 0. The van der Waals surface area contributed by atoms with Crippen LogP contribution in [0, 0.1) is 13.8 Å². The zero-order valence-corrected chi connectivity index (χ0v) is 10.4. The molecule has 5 N–H and O–H groups in total. The third kappa shape index (κ3) is 2.18. The zero-order chi connectivity index (χ0) is 13.3. The first-order chi connectivity index (χ1) is 8.49. The van der Waals surface area contributed by atoms with E-state index in [2.05, 4.69) is 5.32 Å². The molecular formula is C14H16N2O2. The van der Waals surface area contributed by atoms with Crippen LogP contribution in [-0.4, -0.2) is 10.2 Å². The van der Waals surface area contributed by atoms with Crippen LogP contribution in [-0.2, 0) is 0 Å². The number of aryl methyl sites for hydroxylation is 1. The fourth-order valence-electron chi connectivity index (χ4n) is 1.72. The lowest BCUT2D eigenvalue weighted by Crippen LogP contribution is -1.98. The summed E-state index contributed by atoms with van der Waals surface area (Å²) in [5.74, 6) is 0.403. The number of hydrogen-bond donors (Lipinski definition) is 4. The molecule has 0 fully saturated rings. The Morgan fingerprint density at radius 3 is 2.44 bits per heavy atom. The molecule has 0 bridgehead atoms. The number of anilines is 3. The van der Waals surface area contributed by atoms with Gasteiger partial charge in [0.25, 0.3) is 0 Å². The molecule has 0 saturated heterocycles. The van der Waals surface area contributed by atoms with Crippen molar-refractivity contribution in [3.8, 4) is 11.5 Å². The number of phenols is 2. The van der Waals surface area contributed by atoms with Crippen molar-refractivity contribution in [3.63, 3.8) is 0 Å². The Labute approximate surface area is 106 Å². The number of phenolic OH excluding ortho intramolecular Hbond substituents is 2. The van der Waals surface area contributed by atoms with Gasteiger partial charge in [0.2, 0.25) is 0 Å². The average molecular weight is 244 g/mol. The van der Waals surface area contributed by atoms with Crippen LogP contribution in [0.5, 0.6) is 11.5 Å². The lowest BCUT2D eigenvalue weighted by atomic mass is 10.1. The second-order valence-electron chi connectivity index (χ2n) is 4.30. The average Bonchev–Trinajstić information content (AvgIpc) is 2.32. The Kier molecular flexibility index (Phi) is 3.02. The van der Waals surface area contributed by atoms with Gasteiger partial charge in [-0.1, -0.05) is 6.07 Å². The van der Waals surface area contributed by atoms with Crippen molar-refractivity contribution in [2.45, 2.75) is 13.8 Å². The molecular weight excluding hydrogens is 228 g/mol.